The third kappa shape index (κ3) is 5.67. The van der Waals surface area contributed by atoms with E-state index in [1.807, 2.05) is 81.4 Å². The number of nitrogens with one attached hydrogen (secondary N) is 1. The number of hydrogen-bond acceptors (Lipinski definition) is 5. The third-order valence-corrected chi connectivity index (χ3v) is 6.37. The predicted octanol–water partition coefficient (Wildman–Crippen LogP) is 6.21. The Bertz CT molecular complexity index is 1620. The van der Waals surface area contributed by atoms with Crippen molar-refractivity contribution in [1.29, 1.82) is 0 Å². The largest absolute Gasteiger partial charge is 0.490 e. The molecule has 0 radical (unpaired) electrons. The van der Waals surface area contributed by atoms with Crippen LogP contribution < -0.4 is 14.8 Å². The number of ether oxygens (including phenoxy) is 2. The number of benzene rings is 2. The number of carbonyl (C=O) groups excluding carboxylic acids is 2. The minimum atomic E-state index is -0.710. The first-order valence-electron chi connectivity index (χ1n) is 12.7. The normalized spacial score (nSPS) is 10.8. The van der Waals surface area contributed by atoms with Crippen LogP contribution in [0.25, 0.3) is 16.6 Å². The smallest absolute Gasteiger partial charge is 0.298 e. The highest BCUT2D eigenvalue weighted by Gasteiger charge is 2.27. The van der Waals surface area contributed by atoms with Gasteiger partial charge in [0.15, 0.2) is 0 Å². The number of anilines is 1. The molecule has 5 rings (SSSR count). The average Bonchev–Trinajstić information content (AvgIpc) is 3.23. The van der Waals surface area contributed by atoms with Crippen molar-refractivity contribution in [1.82, 2.24) is 9.38 Å². The van der Waals surface area contributed by atoms with Crippen molar-refractivity contribution in [2.75, 3.05) is 18.5 Å². The molecule has 39 heavy (non-hydrogen) atoms. The predicted molar refractivity (Wildman–Crippen MR) is 152 cm³/mol. The summed E-state index contributed by atoms with van der Waals surface area (Å²) in [5.74, 6) is -0.129. The number of hydrogen-bond donors (Lipinski definition) is 1. The Morgan fingerprint density at radius 2 is 1.56 bits per heavy atom. The van der Waals surface area contributed by atoms with Gasteiger partial charge in [-0.3, -0.25) is 9.59 Å². The zero-order chi connectivity index (χ0) is 27.4. The molecular formula is C32H29N3O4. The van der Waals surface area contributed by atoms with E-state index in [2.05, 4.69) is 10.3 Å². The second-order valence-corrected chi connectivity index (χ2v) is 9.30. The SMILES string of the molecule is Cc1cc(C)nc(OCCOc2ccc(NC(=O)C(=O)c3c(-c4ccccc4)c(C)c4ccccn34)cc2)c1. The first-order chi connectivity index (χ1) is 18.9. The molecule has 0 bridgehead atoms. The summed E-state index contributed by atoms with van der Waals surface area (Å²) < 4.78 is 13.2. The van der Waals surface area contributed by atoms with Gasteiger partial charge in [-0.25, -0.2) is 4.98 Å². The number of nitrogens with zero attached hydrogens (tertiary/aromatic N) is 2. The Hall–Kier alpha value is -4.91. The fourth-order valence-corrected chi connectivity index (χ4v) is 4.66. The van der Waals surface area contributed by atoms with Crippen molar-refractivity contribution in [3.63, 3.8) is 0 Å². The minimum absolute atomic E-state index is 0.335. The lowest BCUT2D eigenvalue weighted by Crippen LogP contribution is -2.24. The summed E-state index contributed by atoms with van der Waals surface area (Å²) in [7, 11) is 0. The van der Waals surface area contributed by atoms with Gasteiger partial charge in [0.2, 0.25) is 5.88 Å². The van der Waals surface area contributed by atoms with Crippen molar-refractivity contribution in [3.8, 4) is 22.8 Å². The Balaban J connectivity index is 1.25. The van der Waals surface area contributed by atoms with E-state index in [1.54, 1.807) is 34.9 Å². The van der Waals surface area contributed by atoms with Gasteiger partial charge in [0.1, 0.15) is 24.7 Å². The molecule has 0 saturated carbocycles. The maximum absolute atomic E-state index is 13.5. The highest BCUT2D eigenvalue weighted by molar-refractivity contribution is 6.47. The minimum Gasteiger partial charge on any atom is -0.490 e. The number of aryl methyl sites for hydroxylation is 3. The maximum Gasteiger partial charge on any atom is 0.298 e. The van der Waals surface area contributed by atoms with Crippen LogP contribution in [0.1, 0.15) is 27.3 Å². The van der Waals surface area contributed by atoms with Crippen molar-refractivity contribution in [3.05, 3.63) is 114 Å². The van der Waals surface area contributed by atoms with Crippen molar-refractivity contribution in [2.24, 2.45) is 0 Å². The molecule has 196 valence electrons. The van der Waals surface area contributed by atoms with Crippen molar-refractivity contribution in [2.45, 2.75) is 20.8 Å². The maximum atomic E-state index is 13.5. The van der Waals surface area contributed by atoms with E-state index < -0.39 is 11.7 Å². The number of fused-ring (bicyclic) bond motifs is 1. The summed E-state index contributed by atoms with van der Waals surface area (Å²) in [4.78, 5) is 30.9. The molecule has 7 nitrogen and oxygen atoms in total. The Morgan fingerprint density at radius 1 is 0.846 bits per heavy atom. The zero-order valence-electron chi connectivity index (χ0n) is 22.1. The highest BCUT2D eigenvalue weighted by Crippen LogP contribution is 2.33. The molecule has 0 unspecified atom stereocenters. The number of pyridine rings is 2. The van der Waals surface area contributed by atoms with E-state index in [9.17, 15) is 9.59 Å². The van der Waals surface area contributed by atoms with Crippen LogP contribution in [-0.2, 0) is 4.79 Å². The summed E-state index contributed by atoms with van der Waals surface area (Å²) in [6.45, 7) is 6.57. The van der Waals surface area contributed by atoms with Gasteiger partial charge in [-0.2, -0.15) is 0 Å². The van der Waals surface area contributed by atoms with Crippen LogP contribution in [0.4, 0.5) is 5.69 Å². The van der Waals surface area contributed by atoms with Gasteiger partial charge in [-0.05, 0) is 79.9 Å². The number of rotatable bonds is 9. The monoisotopic (exact) mass is 519 g/mol. The lowest BCUT2D eigenvalue weighted by molar-refractivity contribution is -0.112. The summed E-state index contributed by atoms with van der Waals surface area (Å²) >= 11 is 0. The molecule has 0 aliphatic carbocycles. The Kier molecular flexibility index (Phi) is 7.41. The van der Waals surface area contributed by atoms with Gasteiger partial charge in [0, 0.05) is 34.7 Å². The van der Waals surface area contributed by atoms with Gasteiger partial charge in [-0.1, -0.05) is 36.4 Å². The molecule has 0 fully saturated rings. The second-order valence-electron chi connectivity index (χ2n) is 9.30. The topological polar surface area (TPSA) is 81.9 Å². The summed E-state index contributed by atoms with van der Waals surface area (Å²) in [6, 6.07) is 26.1. The number of amides is 1. The van der Waals surface area contributed by atoms with E-state index >= 15 is 0 Å². The molecule has 2 aromatic carbocycles. The van der Waals surface area contributed by atoms with Gasteiger partial charge in [0.05, 0.1) is 0 Å². The number of ketones is 1. The second kappa shape index (κ2) is 11.2. The average molecular weight is 520 g/mol. The van der Waals surface area contributed by atoms with Crippen molar-refractivity contribution < 1.29 is 19.1 Å². The van der Waals surface area contributed by atoms with Crippen LogP contribution in [0.3, 0.4) is 0 Å². The molecule has 3 heterocycles. The number of aromatic nitrogens is 2. The molecule has 7 heteroatoms. The fraction of sp³-hybridized carbons (Fsp3) is 0.156. The standard InChI is InChI=1S/C32H29N3O4/c1-21-19-22(2)33-28(20-21)39-18-17-38-26-14-12-25(13-15-26)34-32(37)31(36)30-29(24-9-5-4-6-10-24)23(3)27-11-7-8-16-35(27)30/h4-16,19-20H,17-18H2,1-3H3,(H,34,37). The first kappa shape index (κ1) is 25.7. The molecule has 0 aliphatic heterocycles. The van der Waals surface area contributed by atoms with E-state index in [-0.39, 0.29) is 0 Å². The Morgan fingerprint density at radius 3 is 2.31 bits per heavy atom. The summed E-state index contributed by atoms with van der Waals surface area (Å²) in [5, 5.41) is 2.73. The molecular weight excluding hydrogens is 490 g/mol. The molecule has 0 aliphatic rings. The summed E-state index contributed by atoms with van der Waals surface area (Å²) in [5.41, 5.74) is 6.28. The fourth-order valence-electron chi connectivity index (χ4n) is 4.66. The molecule has 5 aromatic rings. The van der Waals surface area contributed by atoms with E-state index in [0.717, 1.165) is 33.5 Å². The zero-order valence-corrected chi connectivity index (χ0v) is 22.1. The highest BCUT2D eigenvalue weighted by atomic mass is 16.5. The first-order valence-corrected chi connectivity index (χ1v) is 12.7. The van der Waals surface area contributed by atoms with Crippen molar-refractivity contribution >= 4 is 22.9 Å². The van der Waals surface area contributed by atoms with E-state index in [4.69, 9.17) is 9.47 Å². The van der Waals surface area contributed by atoms with Gasteiger partial charge < -0.3 is 19.2 Å². The molecule has 0 saturated heterocycles. The number of Topliss-reactive ketones (excluding diaryl/α,β-unsaturated/α-hetero) is 1. The Labute approximate surface area is 227 Å². The van der Waals surface area contributed by atoms with Crippen LogP contribution in [0.15, 0.2) is 91.1 Å². The molecule has 0 spiro atoms. The van der Waals surface area contributed by atoms with Gasteiger partial charge >= 0.3 is 0 Å². The quantitative estimate of drug-likeness (QED) is 0.142. The van der Waals surface area contributed by atoms with Gasteiger partial charge in [0.25, 0.3) is 11.7 Å². The van der Waals surface area contributed by atoms with Crippen LogP contribution in [-0.4, -0.2) is 34.3 Å². The molecule has 1 N–H and O–H groups in total. The van der Waals surface area contributed by atoms with Crippen LogP contribution in [0, 0.1) is 20.8 Å². The molecule has 1 amide bonds. The van der Waals surface area contributed by atoms with Crippen LogP contribution in [0.5, 0.6) is 11.6 Å². The van der Waals surface area contributed by atoms with Gasteiger partial charge in [-0.15, -0.1) is 0 Å². The van der Waals surface area contributed by atoms with Crippen LogP contribution >= 0.6 is 0 Å². The van der Waals surface area contributed by atoms with E-state index in [0.29, 0.717) is 36.2 Å². The summed E-state index contributed by atoms with van der Waals surface area (Å²) in [6.07, 6.45) is 1.81. The molecule has 3 aromatic heterocycles. The lowest BCUT2D eigenvalue weighted by atomic mass is 9.99. The number of carbonyl (C=O) groups is 2. The lowest BCUT2D eigenvalue weighted by Gasteiger charge is -2.10. The van der Waals surface area contributed by atoms with E-state index in [1.165, 1.54) is 0 Å². The van der Waals surface area contributed by atoms with Crippen LogP contribution in [0.2, 0.25) is 0 Å². The molecule has 0 atom stereocenters. The third-order valence-electron chi connectivity index (χ3n) is 6.37.